The molecule has 4 N–H and O–H groups in total. The number of amides is 11. The smallest absolute Gasteiger partial charge is 0.245 e. The van der Waals surface area contributed by atoms with Crippen LogP contribution in [0.15, 0.2) is 0 Å². The molecule has 454 valence electrons. The van der Waals surface area contributed by atoms with Crippen LogP contribution in [0.4, 0.5) is 0 Å². The van der Waals surface area contributed by atoms with E-state index in [4.69, 9.17) is 0 Å². The summed E-state index contributed by atoms with van der Waals surface area (Å²) in [5.41, 5.74) is 0. The Labute approximate surface area is 473 Å². The van der Waals surface area contributed by atoms with E-state index in [1.807, 2.05) is 83.1 Å². The van der Waals surface area contributed by atoms with Crippen LogP contribution in [-0.2, 0) is 52.7 Å². The zero-order chi connectivity index (χ0) is 61.8. The molecule has 9 unspecified atom stereocenters. The molecule has 0 aromatic heterocycles. The van der Waals surface area contributed by atoms with Gasteiger partial charge in [-0.05, 0) is 95.3 Å². The van der Waals surface area contributed by atoms with Crippen LogP contribution in [0, 0.1) is 35.5 Å². The molecule has 0 rings (SSSR count). The number of hydrogen-bond acceptors (Lipinski definition) is 11. The maximum absolute atomic E-state index is 14.6. The molecule has 0 aliphatic rings. The molecular formula is C57H105N11O11. The molecule has 0 spiro atoms. The Bertz CT molecular complexity index is 2060. The Morgan fingerprint density at radius 2 is 0.797 bits per heavy atom. The minimum atomic E-state index is -1.21. The second-order valence-electron chi connectivity index (χ2n) is 24.2. The maximum Gasteiger partial charge on any atom is 0.245 e. The van der Waals surface area contributed by atoms with Crippen molar-refractivity contribution in [2.24, 2.45) is 35.5 Å². The van der Waals surface area contributed by atoms with Crippen molar-refractivity contribution < 1.29 is 52.7 Å². The molecule has 0 saturated heterocycles. The summed E-state index contributed by atoms with van der Waals surface area (Å²) in [6, 6.07) is -9.41. The number of rotatable bonds is 33. The van der Waals surface area contributed by atoms with E-state index in [-0.39, 0.29) is 73.8 Å². The summed E-state index contributed by atoms with van der Waals surface area (Å²) in [6.45, 7) is 30.4. The van der Waals surface area contributed by atoms with E-state index < -0.39 is 113 Å². The highest BCUT2D eigenvalue weighted by Gasteiger charge is 2.42. The molecule has 22 nitrogen and oxygen atoms in total. The number of nitrogens with one attached hydrogen (secondary N) is 4. The zero-order valence-electron chi connectivity index (χ0n) is 52.7. The fourth-order valence-electron chi connectivity index (χ4n) is 9.29. The van der Waals surface area contributed by atoms with Crippen molar-refractivity contribution >= 4 is 65.5 Å². The third-order valence-corrected chi connectivity index (χ3v) is 14.5. The van der Waals surface area contributed by atoms with E-state index in [2.05, 4.69) is 21.3 Å². The third kappa shape index (κ3) is 22.0. The number of hydrogen-bond donors (Lipinski definition) is 4. The molecule has 11 amide bonds. The molecule has 79 heavy (non-hydrogen) atoms. The number of likely N-dealkylation sites (N-methyl/N-ethyl adjacent to an activating group) is 7. The summed E-state index contributed by atoms with van der Waals surface area (Å²) >= 11 is 0. The normalized spacial score (nSPS) is 15.0. The standard InChI is InChI=1S/C57H105N11O11/c1-25-41(58-31-69)53(75)62(18)30-46(70)64(20)42(26-32(2)3)51(73)61-47(36(10)11)56(78)65(21)43(27-33(4)5)50(72)59-39(16)49(71)60-40(17)52(74)66(22)44(28-34(6)7)54(76)67(23)45(29-35(8)9)55(77)68(24)48(37(12)13)57(79)63(19)38(14)15/h31-45,47-48H,25-30H2,1-24H3,(H,58,69)(H,59,72)(H,60,71)(H,61,73). The van der Waals surface area contributed by atoms with Crippen LogP contribution < -0.4 is 21.3 Å². The minimum Gasteiger partial charge on any atom is -0.347 e. The highest BCUT2D eigenvalue weighted by molar-refractivity contribution is 5.98. The summed E-state index contributed by atoms with van der Waals surface area (Å²) in [4.78, 5) is 160. The summed E-state index contributed by atoms with van der Waals surface area (Å²) in [5.74, 6) is -6.31. The first-order valence-electron chi connectivity index (χ1n) is 28.3. The van der Waals surface area contributed by atoms with E-state index in [1.54, 1.807) is 39.8 Å². The lowest BCUT2D eigenvalue weighted by molar-refractivity contribution is -0.155. The van der Waals surface area contributed by atoms with E-state index >= 15 is 0 Å². The molecule has 0 aliphatic carbocycles. The molecule has 9 atom stereocenters. The quantitative estimate of drug-likeness (QED) is 0.0695. The van der Waals surface area contributed by atoms with Crippen LogP contribution in [0.2, 0.25) is 0 Å². The van der Waals surface area contributed by atoms with Crippen molar-refractivity contribution in [3.8, 4) is 0 Å². The van der Waals surface area contributed by atoms with Gasteiger partial charge in [0.15, 0.2) is 0 Å². The number of carbonyl (C=O) groups excluding carboxylic acids is 11. The van der Waals surface area contributed by atoms with Crippen LogP contribution >= 0.6 is 0 Å². The predicted molar refractivity (Wildman–Crippen MR) is 306 cm³/mol. The largest absolute Gasteiger partial charge is 0.347 e. The Hall–Kier alpha value is -5.83. The van der Waals surface area contributed by atoms with Crippen molar-refractivity contribution in [3.63, 3.8) is 0 Å². The highest BCUT2D eigenvalue weighted by atomic mass is 16.2. The summed E-state index contributed by atoms with van der Waals surface area (Å²) < 4.78 is 0. The second-order valence-corrected chi connectivity index (χ2v) is 24.2. The lowest BCUT2D eigenvalue weighted by Gasteiger charge is -2.40. The van der Waals surface area contributed by atoms with Crippen LogP contribution in [0.5, 0.6) is 0 Å². The molecule has 22 heteroatoms. The first-order chi connectivity index (χ1) is 36.3. The van der Waals surface area contributed by atoms with E-state index in [9.17, 15) is 52.7 Å². The highest BCUT2D eigenvalue weighted by Crippen LogP contribution is 2.23. The minimum absolute atomic E-state index is 0.0233. The van der Waals surface area contributed by atoms with Gasteiger partial charge in [-0.15, -0.1) is 0 Å². The van der Waals surface area contributed by atoms with Crippen LogP contribution in [0.25, 0.3) is 0 Å². The van der Waals surface area contributed by atoms with Gasteiger partial charge < -0.3 is 55.6 Å². The van der Waals surface area contributed by atoms with E-state index in [0.29, 0.717) is 12.8 Å². The average Bonchev–Trinajstić information content (AvgIpc) is 3.35. The van der Waals surface area contributed by atoms with Crippen molar-refractivity contribution in [1.29, 1.82) is 0 Å². The third-order valence-electron chi connectivity index (χ3n) is 14.5. The van der Waals surface area contributed by atoms with Gasteiger partial charge in [0.25, 0.3) is 0 Å². The lowest BCUT2D eigenvalue weighted by Crippen LogP contribution is -2.61. The van der Waals surface area contributed by atoms with Crippen molar-refractivity contribution in [2.75, 3.05) is 55.9 Å². The fraction of sp³-hybridized carbons (Fsp3) is 0.807. The van der Waals surface area contributed by atoms with Gasteiger partial charge >= 0.3 is 0 Å². The van der Waals surface area contributed by atoms with Crippen LogP contribution in [-0.4, -0.2) is 216 Å². The number of nitrogens with zero attached hydrogens (tertiary/aromatic N) is 7. The topological polar surface area (TPSA) is 259 Å². The van der Waals surface area contributed by atoms with Crippen molar-refractivity contribution in [3.05, 3.63) is 0 Å². The summed E-state index contributed by atoms with van der Waals surface area (Å²) in [6.07, 6.45) is 1.63. The second kappa shape index (κ2) is 33.7. The molecule has 0 bridgehead atoms. The summed E-state index contributed by atoms with van der Waals surface area (Å²) in [5, 5.41) is 10.7. The molecule has 0 heterocycles. The van der Waals surface area contributed by atoms with Crippen LogP contribution in [0.1, 0.15) is 150 Å². The van der Waals surface area contributed by atoms with Crippen molar-refractivity contribution in [1.82, 2.24) is 55.6 Å². The molecule has 0 saturated carbocycles. The Morgan fingerprint density at radius 3 is 1.20 bits per heavy atom. The molecular weight excluding hydrogens is 1010 g/mol. The first kappa shape index (κ1) is 73.2. The SMILES string of the molecule is CCC(NC=O)C(=O)N(C)CC(=O)N(C)C(CC(C)C)C(=O)NC(C(=O)N(C)C(CC(C)C)C(=O)NC(C)C(=O)NC(C)C(=O)N(C)C(CC(C)C)C(=O)N(C)C(CC(C)C)C(=O)N(C)C(C(=O)N(C)C(C)C)C(C)C)C(C)C. The Morgan fingerprint density at radius 1 is 0.405 bits per heavy atom. The molecule has 0 aromatic carbocycles. The molecule has 0 aliphatic heterocycles. The van der Waals surface area contributed by atoms with E-state index in [1.165, 1.54) is 78.5 Å². The van der Waals surface area contributed by atoms with Gasteiger partial charge in [-0.2, -0.15) is 0 Å². The van der Waals surface area contributed by atoms with Gasteiger partial charge in [0.05, 0.1) is 6.54 Å². The first-order valence-corrected chi connectivity index (χ1v) is 28.3. The molecule has 0 fully saturated rings. The maximum atomic E-state index is 14.6. The van der Waals surface area contributed by atoms with Gasteiger partial charge in [-0.3, -0.25) is 52.7 Å². The van der Waals surface area contributed by atoms with Gasteiger partial charge in [0.2, 0.25) is 65.5 Å². The molecule has 0 aromatic rings. The molecule has 0 radical (unpaired) electrons. The van der Waals surface area contributed by atoms with Crippen LogP contribution in [0.3, 0.4) is 0 Å². The Kier molecular flexibility index (Phi) is 31.2. The van der Waals surface area contributed by atoms with Gasteiger partial charge in [0, 0.05) is 55.4 Å². The van der Waals surface area contributed by atoms with Gasteiger partial charge in [-0.1, -0.05) is 90.0 Å². The Balaban J connectivity index is 6.56. The van der Waals surface area contributed by atoms with E-state index in [0.717, 1.165) is 0 Å². The summed E-state index contributed by atoms with van der Waals surface area (Å²) in [7, 11) is 10.6. The number of carbonyl (C=O) groups is 11. The van der Waals surface area contributed by atoms with Gasteiger partial charge in [-0.25, -0.2) is 0 Å². The monoisotopic (exact) mass is 1120 g/mol. The average molecular weight is 1120 g/mol. The lowest BCUT2D eigenvalue weighted by atomic mass is 9.95. The fourth-order valence-corrected chi connectivity index (χ4v) is 9.29. The van der Waals surface area contributed by atoms with Gasteiger partial charge in [0.1, 0.15) is 54.4 Å². The predicted octanol–water partition coefficient (Wildman–Crippen LogP) is 2.96. The zero-order valence-corrected chi connectivity index (χ0v) is 52.7. The van der Waals surface area contributed by atoms with Crippen molar-refractivity contribution in [2.45, 2.75) is 210 Å².